The summed E-state index contributed by atoms with van der Waals surface area (Å²) in [5, 5.41) is 2.76. The molecule has 0 atom stereocenters. The highest BCUT2D eigenvalue weighted by molar-refractivity contribution is 5.92. The van der Waals surface area contributed by atoms with Gasteiger partial charge in [-0.25, -0.2) is 0 Å². The van der Waals surface area contributed by atoms with Crippen LogP contribution in [0.3, 0.4) is 0 Å². The van der Waals surface area contributed by atoms with Crippen molar-refractivity contribution >= 4 is 11.6 Å². The third-order valence-electron chi connectivity index (χ3n) is 3.82. The summed E-state index contributed by atoms with van der Waals surface area (Å²) in [7, 11) is 3.09. The molecule has 0 aliphatic carbocycles. The predicted octanol–water partition coefficient (Wildman–Crippen LogP) is 4.51. The molecule has 0 aromatic heterocycles. The molecule has 0 heterocycles. The Morgan fingerprint density at radius 1 is 0.786 bits per heavy atom. The fourth-order valence-electron chi connectivity index (χ4n) is 2.51. The molecule has 3 aromatic carbocycles. The molecule has 28 heavy (non-hydrogen) atoms. The number of benzene rings is 3. The Hall–Kier alpha value is -3.67. The maximum atomic E-state index is 12.2. The van der Waals surface area contributed by atoms with Gasteiger partial charge in [-0.15, -0.1) is 0 Å². The molecule has 0 saturated carbocycles. The van der Waals surface area contributed by atoms with Gasteiger partial charge in [-0.05, 0) is 36.4 Å². The Morgan fingerprint density at radius 2 is 1.50 bits per heavy atom. The molecule has 0 aliphatic heterocycles. The third kappa shape index (κ3) is 5.17. The van der Waals surface area contributed by atoms with Crippen LogP contribution in [-0.2, 0) is 4.79 Å². The number of hydrogen-bond donors (Lipinski definition) is 1. The van der Waals surface area contributed by atoms with E-state index in [2.05, 4.69) is 5.32 Å². The first-order valence-corrected chi connectivity index (χ1v) is 8.65. The lowest BCUT2D eigenvalue weighted by Crippen LogP contribution is -2.20. The van der Waals surface area contributed by atoms with Crippen molar-refractivity contribution in [1.82, 2.24) is 0 Å². The van der Waals surface area contributed by atoms with Crippen molar-refractivity contribution in [1.29, 1.82) is 0 Å². The fourth-order valence-corrected chi connectivity index (χ4v) is 2.51. The molecule has 6 nitrogen and oxygen atoms in total. The van der Waals surface area contributed by atoms with Crippen LogP contribution in [0, 0.1) is 0 Å². The number of ether oxygens (including phenoxy) is 4. The molecule has 0 spiro atoms. The average molecular weight is 379 g/mol. The van der Waals surface area contributed by atoms with Gasteiger partial charge in [0.2, 0.25) is 0 Å². The van der Waals surface area contributed by atoms with E-state index >= 15 is 0 Å². The molecule has 0 radical (unpaired) electrons. The van der Waals surface area contributed by atoms with E-state index in [1.165, 1.54) is 7.11 Å². The normalized spacial score (nSPS) is 10.1. The van der Waals surface area contributed by atoms with Crippen LogP contribution >= 0.6 is 0 Å². The molecule has 0 saturated heterocycles. The largest absolute Gasteiger partial charge is 0.493 e. The van der Waals surface area contributed by atoms with Crippen LogP contribution in [0.25, 0.3) is 0 Å². The van der Waals surface area contributed by atoms with Crippen LogP contribution in [0.2, 0.25) is 0 Å². The van der Waals surface area contributed by atoms with Crippen LogP contribution < -0.4 is 24.3 Å². The number of anilines is 1. The van der Waals surface area contributed by atoms with E-state index in [-0.39, 0.29) is 12.5 Å². The molecule has 6 heteroatoms. The van der Waals surface area contributed by atoms with Crippen molar-refractivity contribution in [2.24, 2.45) is 0 Å². The van der Waals surface area contributed by atoms with E-state index in [4.69, 9.17) is 18.9 Å². The second-order valence-electron chi connectivity index (χ2n) is 5.80. The predicted molar refractivity (Wildman–Crippen MR) is 107 cm³/mol. The summed E-state index contributed by atoms with van der Waals surface area (Å²) >= 11 is 0. The monoisotopic (exact) mass is 379 g/mol. The summed E-state index contributed by atoms with van der Waals surface area (Å²) in [5.41, 5.74) is 0.590. The summed E-state index contributed by atoms with van der Waals surface area (Å²) < 4.78 is 21.7. The molecule has 3 rings (SSSR count). The van der Waals surface area contributed by atoms with Gasteiger partial charge < -0.3 is 24.3 Å². The molecule has 144 valence electrons. The van der Waals surface area contributed by atoms with Gasteiger partial charge in [0.05, 0.1) is 14.2 Å². The molecule has 1 amide bonds. The Kier molecular flexibility index (Phi) is 6.36. The highest BCUT2D eigenvalue weighted by Gasteiger charge is 2.08. The molecule has 0 bridgehead atoms. The van der Waals surface area contributed by atoms with E-state index in [9.17, 15) is 4.79 Å². The van der Waals surface area contributed by atoms with Crippen molar-refractivity contribution in [2.75, 3.05) is 26.1 Å². The number of carbonyl (C=O) groups is 1. The minimum absolute atomic E-state index is 0.136. The molecule has 3 aromatic rings. The van der Waals surface area contributed by atoms with Gasteiger partial charge in [-0.2, -0.15) is 0 Å². The number of hydrogen-bond acceptors (Lipinski definition) is 5. The summed E-state index contributed by atoms with van der Waals surface area (Å²) in [6, 6.07) is 21.7. The maximum absolute atomic E-state index is 12.2. The number of para-hydroxylation sites is 1. The zero-order chi connectivity index (χ0) is 19.8. The second kappa shape index (κ2) is 9.32. The number of nitrogens with one attached hydrogen (secondary N) is 1. The fraction of sp³-hybridized carbons (Fsp3) is 0.136. The van der Waals surface area contributed by atoms with Crippen molar-refractivity contribution in [3.8, 4) is 28.7 Å². The van der Waals surface area contributed by atoms with E-state index in [1.54, 1.807) is 43.5 Å². The topological polar surface area (TPSA) is 66.0 Å². The van der Waals surface area contributed by atoms with Gasteiger partial charge in [0.1, 0.15) is 17.2 Å². The zero-order valence-corrected chi connectivity index (χ0v) is 15.7. The lowest BCUT2D eigenvalue weighted by Gasteiger charge is -2.11. The minimum atomic E-state index is -0.290. The van der Waals surface area contributed by atoms with Gasteiger partial charge in [-0.3, -0.25) is 4.79 Å². The van der Waals surface area contributed by atoms with Crippen molar-refractivity contribution in [3.05, 3.63) is 72.8 Å². The van der Waals surface area contributed by atoms with Gasteiger partial charge in [0.15, 0.2) is 18.1 Å². The number of methoxy groups -OCH3 is 2. The zero-order valence-electron chi connectivity index (χ0n) is 15.7. The first kappa shape index (κ1) is 19.1. The van der Waals surface area contributed by atoms with E-state index in [1.807, 2.05) is 36.4 Å². The van der Waals surface area contributed by atoms with Crippen LogP contribution in [0.1, 0.15) is 0 Å². The molecular formula is C22H21NO5. The first-order valence-electron chi connectivity index (χ1n) is 8.65. The first-order chi connectivity index (χ1) is 13.7. The minimum Gasteiger partial charge on any atom is -0.493 e. The van der Waals surface area contributed by atoms with Crippen LogP contribution in [-0.4, -0.2) is 26.7 Å². The van der Waals surface area contributed by atoms with Gasteiger partial charge in [-0.1, -0.05) is 24.3 Å². The molecule has 0 unspecified atom stereocenters. The SMILES string of the molecule is COc1ccc(NC(=O)COc2cccc(Oc3ccccc3)c2)cc1OC. The van der Waals surface area contributed by atoms with Crippen molar-refractivity contribution < 1.29 is 23.7 Å². The molecule has 0 fully saturated rings. The highest BCUT2D eigenvalue weighted by Crippen LogP contribution is 2.30. The lowest BCUT2D eigenvalue weighted by atomic mass is 10.2. The molecule has 1 N–H and O–H groups in total. The van der Waals surface area contributed by atoms with Crippen molar-refractivity contribution in [3.63, 3.8) is 0 Å². The van der Waals surface area contributed by atoms with Gasteiger partial charge in [0, 0.05) is 17.8 Å². The summed E-state index contributed by atoms with van der Waals surface area (Å²) in [6.45, 7) is -0.136. The van der Waals surface area contributed by atoms with E-state index in [0.29, 0.717) is 28.7 Å². The number of amides is 1. The smallest absolute Gasteiger partial charge is 0.262 e. The van der Waals surface area contributed by atoms with Gasteiger partial charge in [0.25, 0.3) is 5.91 Å². The molecular weight excluding hydrogens is 358 g/mol. The van der Waals surface area contributed by atoms with Crippen LogP contribution in [0.5, 0.6) is 28.7 Å². The Balaban J connectivity index is 1.57. The molecule has 0 aliphatic rings. The average Bonchev–Trinajstić information content (AvgIpc) is 2.73. The summed E-state index contributed by atoms with van der Waals surface area (Å²) in [6.07, 6.45) is 0. The number of rotatable bonds is 8. The van der Waals surface area contributed by atoms with Crippen LogP contribution in [0.15, 0.2) is 72.8 Å². The summed E-state index contributed by atoms with van der Waals surface area (Å²) in [5.74, 6) is 2.73. The van der Waals surface area contributed by atoms with Crippen molar-refractivity contribution in [2.45, 2.75) is 0 Å². The van der Waals surface area contributed by atoms with E-state index < -0.39 is 0 Å². The Morgan fingerprint density at radius 3 is 2.25 bits per heavy atom. The number of carbonyl (C=O) groups excluding carboxylic acids is 1. The second-order valence-corrected chi connectivity index (χ2v) is 5.80. The van der Waals surface area contributed by atoms with Crippen LogP contribution in [0.4, 0.5) is 5.69 Å². The standard InChI is InChI=1S/C22H21NO5/c1-25-20-12-11-16(13-21(20)26-2)23-22(24)15-27-18-9-6-10-19(14-18)28-17-7-4-3-5-8-17/h3-14H,15H2,1-2H3,(H,23,24). The van der Waals surface area contributed by atoms with E-state index in [0.717, 1.165) is 5.75 Å². The highest BCUT2D eigenvalue weighted by atomic mass is 16.5. The third-order valence-corrected chi connectivity index (χ3v) is 3.82. The maximum Gasteiger partial charge on any atom is 0.262 e. The quantitative estimate of drug-likeness (QED) is 0.624. The Bertz CT molecular complexity index is 927. The lowest BCUT2D eigenvalue weighted by molar-refractivity contribution is -0.118. The Labute approximate surface area is 163 Å². The summed E-state index contributed by atoms with van der Waals surface area (Å²) in [4.78, 5) is 12.2. The van der Waals surface area contributed by atoms with Gasteiger partial charge >= 0.3 is 0 Å².